The number of carbonyl (C=O) groups is 5. The normalized spacial score (nSPS) is 13.1. The molecule has 0 aromatic heterocycles. The SMILES string of the molecule is N=C(N)NCCC[C@H](NC(=O)CN)C(=O)N[C@@H](CCCNC(=N)N)C(=O)N[C@@H](CCCNC(=N)N)C(=O)N[C@@H](CCCCN)C(=O)O. The zero-order valence-electron chi connectivity index (χ0n) is 26.6. The predicted molar refractivity (Wildman–Crippen MR) is 175 cm³/mol. The van der Waals surface area contributed by atoms with Crippen LogP contribution in [0.3, 0.4) is 0 Å². The lowest BCUT2D eigenvalue weighted by Gasteiger charge is -2.26. The number of guanidine groups is 3. The number of carboxylic acid groups (broad SMARTS) is 1. The highest BCUT2D eigenvalue weighted by molar-refractivity contribution is 5.95. The quantitative estimate of drug-likeness (QED) is 0.0245. The number of nitrogens with two attached hydrogens (primary N) is 5. The Bertz CT molecular complexity index is 1060. The van der Waals surface area contributed by atoms with Crippen LogP contribution < -0.4 is 65.9 Å². The average Bonchev–Trinajstić information content (AvgIpc) is 3.00. The maximum atomic E-state index is 13.6. The standard InChI is InChI=1S/C26H53N15O6/c27-10-2-1-6-18(23(46)47)41-22(45)17(9-5-13-37-26(33)34)40-21(44)16(8-4-12-36-25(31)32)39-20(43)15(38-19(42)14-28)7-3-11-35-24(29)30/h15-18H,1-14,27-28H2,(H,38,42)(H,39,43)(H,40,44)(H,41,45)(H,46,47)(H4,29,30,35)(H4,31,32,36)(H4,33,34,37)/t15-,16-,17-,18-/m0/s1. The Kier molecular flexibility index (Phi) is 21.8. The molecule has 0 saturated heterocycles. The van der Waals surface area contributed by atoms with Gasteiger partial charge in [-0.1, -0.05) is 0 Å². The molecule has 21 N–H and O–H groups in total. The summed E-state index contributed by atoms with van der Waals surface area (Å²) in [5, 5.41) is 49.5. The van der Waals surface area contributed by atoms with Gasteiger partial charge in [0.15, 0.2) is 17.9 Å². The summed E-state index contributed by atoms with van der Waals surface area (Å²) in [4.78, 5) is 64.0. The van der Waals surface area contributed by atoms with Crippen LogP contribution in [0.1, 0.15) is 57.8 Å². The van der Waals surface area contributed by atoms with Crippen molar-refractivity contribution < 1.29 is 29.1 Å². The Morgan fingerprint density at radius 2 is 0.872 bits per heavy atom. The molecule has 4 atom stereocenters. The minimum atomic E-state index is -1.26. The van der Waals surface area contributed by atoms with E-state index in [1.807, 2.05) is 0 Å². The Morgan fingerprint density at radius 1 is 0.532 bits per heavy atom. The number of carbonyl (C=O) groups excluding carboxylic acids is 4. The van der Waals surface area contributed by atoms with Gasteiger partial charge in [-0.05, 0) is 64.3 Å². The second-order valence-electron chi connectivity index (χ2n) is 10.6. The molecule has 268 valence electrons. The molecular weight excluding hydrogens is 618 g/mol. The molecule has 4 amide bonds. The van der Waals surface area contributed by atoms with Gasteiger partial charge in [-0.25, -0.2) is 4.79 Å². The van der Waals surface area contributed by atoms with E-state index < -0.39 is 60.3 Å². The van der Waals surface area contributed by atoms with Crippen molar-refractivity contribution in [3.8, 4) is 0 Å². The van der Waals surface area contributed by atoms with Gasteiger partial charge in [0.25, 0.3) is 0 Å². The molecule has 0 fully saturated rings. The summed E-state index contributed by atoms with van der Waals surface area (Å²) in [6.45, 7) is 0.559. The maximum Gasteiger partial charge on any atom is 0.326 e. The van der Waals surface area contributed by atoms with E-state index in [2.05, 4.69) is 37.2 Å². The number of nitrogens with one attached hydrogen (secondary N) is 10. The maximum absolute atomic E-state index is 13.6. The molecule has 0 unspecified atom stereocenters. The van der Waals surface area contributed by atoms with Crippen molar-refractivity contribution in [3.63, 3.8) is 0 Å². The van der Waals surface area contributed by atoms with E-state index in [1.54, 1.807) is 0 Å². The summed E-state index contributed by atoms with van der Waals surface area (Å²) in [5.74, 6) is -4.99. The Labute approximate surface area is 273 Å². The summed E-state index contributed by atoms with van der Waals surface area (Å²) < 4.78 is 0. The van der Waals surface area contributed by atoms with E-state index in [4.69, 9.17) is 44.9 Å². The molecule has 47 heavy (non-hydrogen) atoms. The summed E-state index contributed by atoms with van der Waals surface area (Å²) >= 11 is 0. The van der Waals surface area contributed by atoms with Gasteiger partial charge in [-0.15, -0.1) is 0 Å². The molecule has 0 aliphatic carbocycles. The fourth-order valence-corrected chi connectivity index (χ4v) is 4.21. The van der Waals surface area contributed by atoms with E-state index in [1.165, 1.54) is 0 Å². The van der Waals surface area contributed by atoms with Crippen LogP contribution in [-0.2, 0) is 24.0 Å². The molecule has 0 saturated carbocycles. The highest BCUT2D eigenvalue weighted by atomic mass is 16.4. The minimum absolute atomic E-state index is 0.0257. The molecule has 0 radical (unpaired) electrons. The summed E-state index contributed by atoms with van der Waals surface area (Å²) in [7, 11) is 0. The Hall–Kier alpha value is -4.92. The van der Waals surface area contributed by atoms with E-state index >= 15 is 0 Å². The Morgan fingerprint density at radius 3 is 1.19 bits per heavy atom. The predicted octanol–water partition coefficient (Wildman–Crippen LogP) is -5.11. The number of rotatable bonds is 25. The number of amides is 4. The number of hydrogen-bond donors (Lipinski definition) is 16. The van der Waals surface area contributed by atoms with Crippen LogP contribution in [0.15, 0.2) is 0 Å². The van der Waals surface area contributed by atoms with Crippen LogP contribution in [-0.4, -0.2) is 109 Å². The Balaban J connectivity index is 6.01. The van der Waals surface area contributed by atoms with Gasteiger partial charge in [0.1, 0.15) is 24.2 Å². The molecule has 0 spiro atoms. The van der Waals surface area contributed by atoms with Gasteiger partial charge >= 0.3 is 5.97 Å². The first-order valence-corrected chi connectivity index (χ1v) is 15.3. The van der Waals surface area contributed by atoms with E-state index in [0.717, 1.165) is 0 Å². The van der Waals surface area contributed by atoms with Gasteiger partial charge in [-0.2, -0.15) is 0 Å². The molecule has 0 rings (SSSR count). The molecule has 0 aliphatic rings. The lowest BCUT2D eigenvalue weighted by molar-refractivity contribution is -0.142. The fourth-order valence-electron chi connectivity index (χ4n) is 4.21. The average molecular weight is 672 g/mol. The van der Waals surface area contributed by atoms with Crippen molar-refractivity contribution in [1.29, 1.82) is 16.2 Å². The van der Waals surface area contributed by atoms with Gasteiger partial charge in [-0.3, -0.25) is 35.4 Å². The molecule has 0 bridgehead atoms. The van der Waals surface area contributed by atoms with Crippen LogP contribution in [0, 0.1) is 16.2 Å². The van der Waals surface area contributed by atoms with Gasteiger partial charge in [0.2, 0.25) is 23.6 Å². The molecule has 0 aliphatic heterocycles. The van der Waals surface area contributed by atoms with Gasteiger partial charge in [0, 0.05) is 19.6 Å². The van der Waals surface area contributed by atoms with Crippen LogP contribution in [0.4, 0.5) is 0 Å². The van der Waals surface area contributed by atoms with Crippen molar-refractivity contribution in [3.05, 3.63) is 0 Å². The smallest absolute Gasteiger partial charge is 0.326 e. The minimum Gasteiger partial charge on any atom is -0.480 e. The molecule has 0 aromatic rings. The highest BCUT2D eigenvalue weighted by Gasteiger charge is 2.31. The number of unbranched alkanes of at least 4 members (excludes halogenated alkanes) is 1. The monoisotopic (exact) mass is 671 g/mol. The lowest BCUT2D eigenvalue weighted by atomic mass is 10.0. The highest BCUT2D eigenvalue weighted by Crippen LogP contribution is 2.07. The van der Waals surface area contributed by atoms with Crippen molar-refractivity contribution in [1.82, 2.24) is 37.2 Å². The van der Waals surface area contributed by atoms with E-state index in [0.29, 0.717) is 25.8 Å². The van der Waals surface area contributed by atoms with E-state index in [9.17, 15) is 29.1 Å². The third kappa shape index (κ3) is 20.7. The third-order valence-electron chi connectivity index (χ3n) is 6.62. The van der Waals surface area contributed by atoms with Crippen molar-refractivity contribution >= 4 is 47.5 Å². The number of hydrogen-bond acceptors (Lipinski definition) is 10. The molecule has 0 heterocycles. The number of aliphatic carboxylic acids is 1. The summed E-state index contributed by atoms with van der Waals surface area (Å²) in [6, 6.07) is -4.80. The lowest BCUT2D eigenvalue weighted by Crippen LogP contribution is -2.58. The molecule has 21 heteroatoms. The van der Waals surface area contributed by atoms with Crippen LogP contribution in [0.25, 0.3) is 0 Å². The molecule has 0 aromatic carbocycles. The zero-order valence-corrected chi connectivity index (χ0v) is 26.6. The fraction of sp³-hybridized carbons (Fsp3) is 0.692. The van der Waals surface area contributed by atoms with Gasteiger partial charge in [0.05, 0.1) is 6.54 Å². The summed E-state index contributed by atoms with van der Waals surface area (Å²) in [6.07, 6.45) is 2.09. The molecular formula is C26H53N15O6. The van der Waals surface area contributed by atoms with Crippen molar-refractivity contribution in [2.24, 2.45) is 28.7 Å². The van der Waals surface area contributed by atoms with Gasteiger partial charge < -0.3 is 71.0 Å². The van der Waals surface area contributed by atoms with Crippen molar-refractivity contribution in [2.75, 3.05) is 32.7 Å². The largest absolute Gasteiger partial charge is 0.480 e. The second kappa shape index (κ2) is 24.3. The van der Waals surface area contributed by atoms with Crippen molar-refractivity contribution in [2.45, 2.75) is 82.0 Å². The van der Waals surface area contributed by atoms with Crippen LogP contribution >= 0.6 is 0 Å². The van der Waals surface area contributed by atoms with Crippen LogP contribution in [0.5, 0.6) is 0 Å². The van der Waals surface area contributed by atoms with E-state index in [-0.39, 0.29) is 76.0 Å². The molecule has 21 nitrogen and oxygen atoms in total. The first kappa shape index (κ1) is 42.1. The topological polar surface area (TPSA) is 391 Å². The first-order chi connectivity index (χ1) is 22.2. The van der Waals surface area contributed by atoms with Crippen LogP contribution in [0.2, 0.25) is 0 Å². The number of carboxylic acids is 1. The zero-order chi connectivity index (χ0) is 35.8. The first-order valence-electron chi connectivity index (χ1n) is 15.3. The summed E-state index contributed by atoms with van der Waals surface area (Å²) in [5.41, 5.74) is 26.8. The second-order valence-corrected chi connectivity index (χ2v) is 10.6. The third-order valence-corrected chi connectivity index (χ3v) is 6.62.